The van der Waals surface area contributed by atoms with E-state index in [0.717, 1.165) is 7.11 Å². The van der Waals surface area contributed by atoms with E-state index in [0.29, 0.717) is 0 Å². The van der Waals surface area contributed by atoms with E-state index >= 15 is 0 Å². The smallest absolute Gasteiger partial charge is 0.465 e. The second-order valence-electron chi connectivity index (χ2n) is 3.58. The number of hydrogen-bond donors (Lipinski definition) is 1. The summed E-state index contributed by atoms with van der Waals surface area (Å²) in [5, 5.41) is 0. The van der Waals surface area contributed by atoms with Gasteiger partial charge >= 0.3 is 18.5 Å². The van der Waals surface area contributed by atoms with Crippen LogP contribution in [0.15, 0.2) is 6.07 Å². The summed E-state index contributed by atoms with van der Waals surface area (Å²) < 4.78 is 82.0. The van der Waals surface area contributed by atoms with Gasteiger partial charge in [0.05, 0.1) is 12.7 Å². The third-order valence-electron chi connectivity index (χ3n) is 2.20. The van der Waals surface area contributed by atoms with E-state index in [2.05, 4.69) is 14.5 Å². The van der Waals surface area contributed by atoms with Crippen molar-refractivity contribution in [2.45, 2.75) is 19.1 Å². The van der Waals surface area contributed by atoms with E-state index in [9.17, 15) is 31.1 Å². The Morgan fingerprint density at radius 3 is 2.24 bits per heavy atom. The number of carbonyl (C=O) groups is 1. The Morgan fingerprint density at radius 2 is 1.86 bits per heavy atom. The van der Waals surface area contributed by atoms with Gasteiger partial charge in [0.25, 0.3) is 0 Å². The van der Waals surface area contributed by atoms with Gasteiger partial charge in [-0.15, -0.1) is 13.2 Å². The zero-order chi connectivity index (χ0) is 16.4. The van der Waals surface area contributed by atoms with Crippen molar-refractivity contribution in [1.82, 2.24) is 4.98 Å². The van der Waals surface area contributed by atoms with Crippen LogP contribution in [0.1, 0.15) is 21.6 Å². The Labute approximate surface area is 113 Å². The third kappa shape index (κ3) is 4.21. The minimum Gasteiger partial charge on any atom is -0.465 e. The number of esters is 1. The van der Waals surface area contributed by atoms with Crippen LogP contribution in [0.3, 0.4) is 0 Å². The van der Waals surface area contributed by atoms with Gasteiger partial charge in [-0.25, -0.2) is 9.78 Å². The summed E-state index contributed by atoms with van der Waals surface area (Å²) in [7, 11) is 0.848. The maximum Gasteiger partial charge on any atom is 0.574 e. The molecule has 0 fully saturated rings. The quantitative estimate of drug-likeness (QED) is 0.683. The summed E-state index contributed by atoms with van der Waals surface area (Å²) in [6, 6.07) is 0.247. The molecule has 2 N–H and O–H groups in total. The summed E-state index contributed by atoms with van der Waals surface area (Å²) in [6.07, 6.45) is -10.4. The Morgan fingerprint density at radius 1 is 1.29 bits per heavy atom. The van der Waals surface area contributed by atoms with E-state index < -0.39 is 47.8 Å². The number of alkyl halides is 6. The highest BCUT2D eigenvalue weighted by Crippen LogP contribution is 2.34. The molecule has 0 amide bonds. The molecule has 0 saturated heterocycles. The average molecular weight is 318 g/mol. The van der Waals surface area contributed by atoms with Crippen LogP contribution >= 0.6 is 0 Å². The van der Waals surface area contributed by atoms with Gasteiger partial charge in [-0.05, 0) is 6.07 Å². The normalized spacial score (nSPS) is 12.2. The fourth-order valence-electron chi connectivity index (χ4n) is 1.38. The molecule has 11 heteroatoms. The molecule has 0 saturated carbocycles. The molecular formula is C10H8F6N2O3. The molecule has 0 atom stereocenters. The van der Waals surface area contributed by atoms with E-state index in [-0.39, 0.29) is 6.07 Å². The predicted octanol–water partition coefficient (Wildman–Crippen LogP) is 2.24. The van der Waals surface area contributed by atoms with Crippen LogP contribution in [-0.2, 0) is 17.5 Å². The van der Waals surface area contributed by atoms with Crippen LogP contribution in [0, 0.1) is 0 Å². The van der Waals surface area contributed by atoms with Gasteiger partial charge in [0.15, 0.2) is 0 Å². The van der Waals surface area contributed by atoms with Crippen LogP contribution in [0.2, 0.25) is 0 Å². The van der Waals surface area contributed by atoms with Crippen LogP contribution in [0.5, 0.6) is 5.88 Å². The minimum absolute atomic E-state index is 0.247. The molecule has 0 aliphatic heterocycles. The van der Waals surface area contributed by atoms with E-state index in [1.807, 2.05) is 0 Å². The van der Waals surface area contributed by atoms with Crippen molar-refractivity contribution in [2.24, 2.45) is 5.73 Å². The lowest BCUT2D eigenvalue weighted by molar-refractivity contribution is -0.276. The molecule has 0 unspecified atom stereocenters. The summed E-state index contributed by atoms with van der Waals surface area (Å²) in [5.74, 6) is -2.74. The van der Waals surface area contributed by atoms with Crippen molar-refractivity contribution >= 4 is 5.97 Å². The van der Waals surface area contributed by atoms with Crippen LogP contribution in [0.25, 0.3) is 0 Å². The first-order chi connectivity index (χ1) is 9.49. The molecule has 0 bridgehead atoms. The molecule has 0 spiro atoms. The lowest BCUT2D eigenvalue weighted by Gasteiger charge is -2.16. The molecule has 0 radical (unpaired) electrons. The molecule has 118 valence electrons. The van der Waals surface area contributed by atoms with Gasteiger partial charge in [-0.2, -0.15) is 13.2 Å². The number of halogens is 6. The first-order valence-corrected chi connectivity index (χ1v) is 5.15. The highest BCUT2D eigenvalue weighted by molar-refractivity contribution is 5.91. The lowest BCUT2D eigenvalue weighted by atomic mass is 10.1. The van der Waals surface area contributed by atoms with Crippen LogP contribution in [-0.4, -0.2) is 24.4 Å². The number of nitrogens with zero attached hydrogens (tertiary/aromatic N) is 1. The van der Waals surface area contributed by atoms with Crippen LogP contribution in [0.4, 0.5) is 26.3 Å². The lowest BCUT2D eigenvalue weighted by Crippen LogP contribution is -2.23. The highest BCUT2D eigenvalue weighted by Gasteiger charge is 2.38. The second-order valence-corrected chi connectivity index (χ2v) is 3.58. The topological polar surface area (TPSA) is 74.4 Å². The summed E-state index contributed by atoms with van der Waals surface area (Å²) in [6.45, 7) is -0.707. The Kier molecular flexibility index (Phi) is 4.66. The van der Waals surface area contributed by atoms with Gasteiger partial charge in [0.2, 0.25) is 5.88 Å². The molecule has 1 heterocycles. The number of rotatable bonds is 3. The Bertz CT molecular complexity index is 541. The molecular weight excluding hydrogens is 310 g/mol. The fourth-order valence-corrected chi connectivity index (χ4v) is 1.38. The largest absolute Gasteiger partial charge is 0.574 e. The molecule has 0 aliphatic rings. The predicted molar refractivity (Wildman–Crippen MR) is 55.2 cm³/mol. The van der Waals surface area contributed by atoms with Gasteiger partial charge in [-0.3, -0.25) is 0 Å². The first-order valence-electron chi connectivity index (χ1n) is 5.15. The number of hydrogen-bond acceptors (Lipinski definition) is 5. The van der Waals surface area contributed by atoms with Crippen molar-refractivity contribution < 1.29 is 40.6 Å². The Balaban J connectivity index is 3.56. The van der Waals surface area contributed by atoms with Gasteiger partial charge in [0, 0.05) is 12.1 Å². The van der Waals surface area contributed by atoms with E-state index in [1.165, 1.54) is 0 Å². The van der Waals surface area contributed by atoms with Gasteiger partial charge in [-0.1, -0.05) is 0 Å². The van der Waals surface area contributed by atoms with E-state index in [1.54, 1.807) is 0 Å². The van der Waals surface area contributed by atoms with Crippen molar-refractivity contribution in [1.29, 1.82) is 0 Å². The number of aromatic nitrogens is 1. The first kappa shape index (κ1) is 17.0. The minimum atomic E-state index is -5.30. The molecule has 1 aromatic heterocycles. The summed E-state index contributed by atoms with van der Waals surface area (Å²) in [5.41, 5.74) is 1.96. The number of ether oxygens (including phenoxy) is 2. The van der Waals surface area contributed by atoms with Crippen molar-refractivity contribution in [3.8, 4) is 5.88 Å². The van der Waals surface area contributed by atoms with Gasteiger partial charge in [0.1, 0.15) is 5.69 Å². The summed E-state index contributed by atoms with van der Waals surface area (Å²) >= 11 is 0. The second kappa shape index (κ2) is 5.76. The highest BCUT2D eigenvalue weighted by atomic mass is 19.4. The maximum absolute atomic E-state index is 12.6. The average Bonchev–Trinajstić information content (AvgIpc) is 2.33. The SMILES string of the molecule is COC(=O)c1cc(C(F)(F)F)nc(OC(F)(F)F)c1CN. The number of nitrogens with two attached hydrogens (primary N) is 1. The molecule has 0 aliphatic carbocycles. The number of pyridine rings is 1. The number of carbonyl (C=O) groups excluding carboxylic acids is 1. The maximum atomic E-state index is 12.6. The van der Waals surface area contributed by atoms with Crippen molar-refractivity contribution in [3.05, 3.63) is 22.9 Å². The third-order valence-corrected chi connectivity index (χ3v) is 2.20. The molecule has 1 rings (SSSR count). The Hall–Kier alpha value is -2.04. The molecule has 1 aromatic rings. The molecule has 21 heavy (non-hydrogen) atoms. The fraction of sp³-hybridized carbons (Fsp3) is 0.400. The zero-order valence-corrected chi connectivity index (χ0v) is 10.3. The molecule has 0 aromatic carbocycles. The van der Waals surface area contributed by atoms with E-state index in [4.69, 9.17) is 5.73 Å². The van der Waals surface area contributed by atoms with Crippen LogP contribution < -0.4 is 10.5 Å². The van der Waals surface area contributed by atoms with Crippen molar-refractivity contribution in [2.75, 3.05) is 7.11 Å². The monoisotopic (exact) mass is 318 g/mol. The molecule has 5 nitrogen and oxygen atoms in total. The van der Waals surface area contributed by atoms with Gasteiger partial charge < -0.3 is 15.2 Å². The zero-order valence-electron chi connectivity index (χ0n) is 10.3. The van der Waals surface area contributed by atoms with Crippen molar-refractivity contribution in [3.63, 3.8) is 0 Å². The summed E-state index contributed by atoms with van der Waals surface area (Å²) in [4.78, 5) is 14.1. The standard InChI is InChI=1S/C10H8F6N2O3/c1-20-8(19)4-2-6(9(11,12)13)18-7(5(4)3-17)21-10(14,15)16/h2H,3,17H2,1H3. The number of methoxy groups -OCH3 is 1.